The lowest BCUT2D eigenvalue weighted by atomic mass is 10.1. The summed E-state index contributed by atoms with van der Waals surface area (Å²) in [6, 6.07) is 0. The van der Waals surface area contributed by atoms with E-state index in [2.05, 4.69) is 38.0 Å². The molecular formula is C20H35N3O5. The van der Waals surface area contributed by atoms with Crippen LogP contribution in [0.1, 0.15) is 48.0 Å². The van der Waals surface area contributed by atoms with Crippen LogP contribution in [0.2, 0.25) is 0 Å². The molecule has 1 unspecified atom stereocenters. The van der Waals surface area contributed by atoms with Gasteiger partial charge in [0.05, 0.1) is 19.0 Å². The number of Topliss-reactive ketones (excluding diaryl/α,β-unsaturated/α-hetero) is 1. The number of ether oxygens (including phenoxy) is 1. The largest absolute Gasteiger partial charge is 0.444 e. The Kier molecular flexibility index (Phi) is 11.1. The third-order valence-electron chi connectivity index (χ3n) is 3.29. The maximum atomic E-state index is 12.0. The van der Waals surface area contributed by atoms with Crippen molar-refractivity contribution in [1.82, 2.24) is 15.5 Å². The second kappa shape index (κ2) is 12.2. The van der Waals surface area contributed by atoms with E-state index in [1.807, 2.05) is 0 Å². The molecule has 3 amide bonds. The number of nitrogens with zero attached hydrogens (tertiary/aromatic N) is 1. The summed E-state index contributed by atoms with van der Waals surface area (Å²) in [4.78, 5) is 48.3. The van der Waals surface area contributed by atoms with Crippen LogP contribution in [-0.2, 0) is 19.1 Å². The highest BCUT2D eigenvalue weighted by Gasteiger charge is 2.28. The van der Waals surface area contributed by atoms with Crippen LogP contribution in [-0.4, -0.2) is 60.4 Å². The number of alkyl carbamates (subject to hydrolysis) is 1. The van der Waals surface area contributed by atoms with Gasteiger partial charge in [0.2, 0.25) is 11.8 Å². The normalized spacial score (nSPS) is 15.8. The van der Waals surface area contributed by atoms with Crippen LogP contribution in [0.25, 0.3) is 0 Å². The van der Waals surface area contributed by atoms with Gasteiger partial charge in [-0.25, -0.2) is 4.79 Å². The fraction of sp³-hybridized carbons (Fsp3) is 0.700. The van der Waals surface area contributed by atoms with Crippen molar-refractivity contribution in [3.63, 3.8) is 0 Å². The van der Waals surface area contributed by atoms with Gasteiger partial charge >= 0.3 is 6.09 Å². The Morgan fingerprint density at radius 3 is 2.32 bits per heavy atom. The van der Waals surface area contributed by atoms with E-state index in [9.17, 15) is 19.2 Å². The van der Waals surface area contributed by atoms with E-state index in [0.717, 1.165) is 12.0 Å². The lowest BCUT2D eigenvalue weighted by molar-refractivity contribution is -0.133. The molecule has 8 heteroatoms. The van der Waals surface area contributed by atoms with Crippen LogP contribution in [0.3, 0.4) is 0 Å². The molecule has 8 nitrogen and oxygen atoms in total. The third kappa shape index (κ3) is 12.1. The monoisotopic (exact) mass is 397 g/mol. The Balaban J connectivity index is 0.00000165. The van der Waals surface area contributed by atoms with Crippen molar-refractivity contribution in [2.24, 2.45) is 11.8 Å². The highest BCUT2D eigenvalue weighted by atomic mass is 16.6. The second-order valence-corrected chi connectivity index (χ2v) is 8.33. The van der Waals surface area contributed by atoms with Crippen LogP contribution in [0.15, 0.2) is 12.7 Å². The van der Waals surface area contributed by atoms with Gasteiger partial charge in [-0.2, -0.15) is 0 Å². The molecule has 1 rings (SSSR count). The molecule has 0 aliphatic carbocycles. The van der Waals surface area contributed by atoms with Crippen LogP contribution in [0.5, 0.6) is 0 Å². The van der Waals surface area contributed by atoms with Gasteiger partial charge in [-0.3, -0.25) is 14.4 Å². The molecule has 0 radical (unpaired) electrons. The summed E-state index contributed by atoms with van der Waals surface area (Å²) in [5.74, 6) is -0.425. The molecule has 0 bridgehead atoms. The topological polar surface area (TPSA) is 105 Å². The molecule has 1 aliphatic rings. The molecule has 1 fully saturated rings. The van der Waals surface area contributed by atoms with E-state index in [1.165, 1.54) is 4.90 Å². The zero-order valence-electron chi connectivity index (χ0n) is 18.0. The highest BCUT2D eigenvalue weighted by Crippen LogP contribution is 2.12. The number of carbonyl (C=O) groups excluding carboxylic acids is 4. The van der Waals surface area contributed by atoms with Crippen molar-refractivity contribution in [2.75, 3.05) is 26.2 Å². The zero-order valence-corrected chi connectivity index (χ0v) is 18.0. The standard InChI is InChI=1S/C16H25N3O5.C4H10/c1-5-13(21)19(9-11-6-7-17-14(11)22)10-12(20)8-18-15(23)24-16(2,3)4;1-4(2)3/h5,11H,1,6-10H2,2-4H3,(H,17,22)(H,18,23);4H,1-3H3. The van der Waals surface area contributed by atoms with Crippen molar-refractivity contribution in [3.8, 4) is 0 Å². The molecule has 1 aliphatic heterocycles. The number of amides is 3. The Labute approximate surface area is 168 Å². The number of nitrogens with one attached hydrogen (secondary N) is 2. The summed E-state index contributed by atoms with van der Waals surface area (Å²) in [6.07, 6.45) is 1.01. The number of ketones is 1. The van der Waals surface area contributed by atoms with E-state index in [1.54, 1.807) is 20.8 Å². The fourth-order valence-corrected chi connectivity index (χ4v) is 2.20. The van der Waals surface area contributed by atoms with Crippen molar-refractivity contribution in [2.45, 2.75) is 53.6 Å². The average molecular weight is 398 g/mol. The second-order valence-electron chi connectivity index (χ2n) is 8.33. The first-order valence-corrected chi connectivity index (χ1v) is 9.53. The Bertz CT molecular complexity index is 564. The first kappa shape index (κ1) is 25.6. The summed E-state index contributed by atoms with van der Waals surface area (Å²) in [5, 5.41) is 5.04. The summed E-state index contributed by atoms with van der Waals surface area (Å²) < 4.78 is 5.03. The quantitative estimate of drug-likeness (QED) is 0.639. The summed E-state index contributed by atoms with van der Waals surface area (Å²) >= 11 is 0. The van der Waals surface area contributed by atoms with Gasteiger partial charge in [0, 0.05) is 13.1 Å². The lowest BCUT2D eigenvalue weighted by Gasteiger charge is -2.23. The van der Waals surface area contributed by atoms with Gasteiger partial charge in [-0.1, -0.05) is 27.4 Å². The lowest BCUT2D eigenvalue weighted by Crippen LogP contribution is -2.43. The summed E-state index contributed by atoms with van der Waals surface area (Å²) in [6.45, 7) is 15.3. The molecule has 0 aromatic rings. The maximum absolute atomic E-state index is 12.0. The molecule has 1 saturated heterocycles. The van der Waals surface area contributed by atoms with E-state index in [0.29, 0.717) is 13.0 Å². The molecule has 160 valence electrons. The van der Waals surface area contributed by atoms with Crippen molar-refractivity contribution in [3.05, 3.63) is 12.7 Å². The molecule has 2 N–H and O–H groups in total. The van der Waals surface area contributed by atoms with E-state index in [4.69, 9.17) is 4.74 Å². The molecule has 1 heterocycles. The van der Waals surface area contributed by atoms with Gasteiger partial charge in [-0.05, 0) is 39.2 Å². The van der Waals surface area contributed by atoms with Crippen molar-refractivity contribution in [1.29, 1.82) is 0 Å². The minimum atomic E-state index is -0.701. The van der Waals surface area contributed by atoms with Crippen molar-refractivity contribution >= 4 is 23.7 Å². The number of hydrogen-bond donors (Lipinski definition) is 2. The van der Waals surface area contributed by atoms with E-state index in [-0.39, 0.29) is 37.2 Å². The molecular weight excluding hydrogens is 362 g/mol. The highest BCUT2D eigenvalue weighted by molar-refractivity contribution is 5.93. The van der Waals surface area contributed by atoms with Gasteiger partial charge < -0.3 is 20.3 Å². The van der Waals surface area contributed by atoms with Gasteiger partial charge in [0.15, 0.2) is 5.78 Å². The zero-order chi connectivity index (χ0) is 21.9. The summed E-state index contributed by atoms with van der Waals surface area (Å²) in [5.41, 5.74) is -0.659. The minimum Gasteiger partial charge on any atom is -0.444 e. The minimum absolute atomic E-state index is 0.129. The molecule has 1 atom stereocenters. The van der Waals surface area contributed by atoms with E-state index >= 15 is 0 Å². The Hall–Kier alpha value is -2.38. The fourth-order valence-electron chi connectivity index (χ4n) is 2.20. The SMILES string of the molecule is C=CC(=O)N(CC(=O)CNC(=O)OC(C)(C)C)CC1CCNC1=O.CC(C)C. The van der Waals surface area contributed by atoms with Gasteiger partial charge in [0.1, 0.15) is 5.60 Å². The van der Waals surface area contributed by atoms with Crippen LogP contribution in [0, 0.1) is 11.8 Å². The van der Waals surface area contributed by atoms with Crippen molar-refractivity contribution < 1.29 is 23.9 Å². The maximum Gasteiger partial charge on any atom is 0.408 e. The molecule has 28 heavy (non-hydrogen) atoms. The molecule has 0 aromatic heterocycles. The number of carbonyl (C=O) groups is 4. The van der Waals surface area contributed by atoms with Crippen LogP contribution >= 0.6 is 0 Å². The number of hydrogen-bond acceptors (Lipinski definition) is 5. The predicted molar refractivity (Wildman–Crippen MR) is 108 cm³/mol. The van der Waals surface area contributed by atoms with Crippen LogP contribution in [0.4, 0.5) is 4.79 Å². The average Bonchev–Trinajstić information content (AvgIpc) is 2.94. The predicted octanol–water partition coefficient (Wildman–Crippen LogP) is 1.89. The molecule has 0 aromatic carbocycles. The summed E-state index contributed by atoms with van der Waals surface area (Å²) in [7, 11) is 0. The van der Waals surface area contributed by atoms with E-state index < -0.39 is 17.6 Å². The van der Waals surface area contributed by atoms with Crippen LogP contribution < -0.4 is 10.6 Å². The number of rotatable bonds is 7. The first-order chi connectivity index (χ1) is 12.9. The molecule has 0 spiro atoms. The Morgan fingerprint density at radius 1 is 1.32 bits per heavy atom. The molecule has 0 saturated carbocycles. The Morgan fingerprint density at radius 2 is 1.89 bits per heavy atom. The van der Waals surface area contributed by atoms with Gasteiger partial charge in [-0.15, -0.1) is 0 Å². The third-order valence-corrected chi connectivity index (χ3v) is 3.29. The first-order valence-electron chi connectivity index (χ1n) is 9.53. The van der Waals surface area contributed by atoms with Gasteiger partial charge in [0.25, 0.3) is 0 Å². The smallest absolute Gasteiger partial charge is 0.408 e.